The van der Waals surface area contributed by atoms with E-state index in [1.54, 1.807) is 23.3 Å². The van der Waals surface area contributed by atoms with E-state index in [2.05, 4.69) is 5.32 Å². The van der Waals surface area contributed by atoms with Gasteiger partial charge in [0.1, 0.15) is 11.9 Å². The summed E-state index contributed by atoms with van der Waals surface area (Å²) in [6.07, 6.45) is 0.920. The van der Waals surface area contributed by atoms with Crippen LogP contribution in [0.25, 0.3) is 0 Å². The minimum absolute atomic E-state index is 0.0151. The van der Waals surface area contributed by atoms with Crippen molar-refractivity contribution in [2.24, 2.45) is 0 Å². The van der Waals surface area contributed by atoms with E-state index < -0.39 is 0 Å². The Hall–Kier alpha value is -2.05. The Morgan fingerprint density at radius 1 is 1.38 bits per heavy atom. The lowest BCUT2D eigenvalue weighted by Gasteiger charge is -2.25. The van der Waals surface area contributed by atoms with E-state index in [-0.39, 0.29) is 18.2 Å². The van der Waals surface area contributed by atoms with Crippen LogP contribution in [0, 0.1) is 0 Å². The number of anilines is 1. The summed E-state index contributed by atoms with van der Waals surface area (Å²) >= 11 is 1.65. The summed E-state index contributed by atoms with van der Waals surface area (Å²) in [5, 5.41) is 4.97. The van der Waals surface area contributed by atoms with E-state index in [4.69, 9.17) is 9.47 Å². The number of rotatable bonds is 5. The third kappa shape index (κ3) is 3.88. The first-order valence-corrected chi connectivity index (χ1v) is 8.94. The largest absolute Gasteiger partial charge is 0.486 e. The van der Waals surface area contributed by atoms with Gasteiger partial charge in [0.15, 0.2) is 0 Å². The van der Waals surface area contributed by atoms with Crippen molar-refractivity contribution in [3.05, 3.63) is 46.7 Å². The number of carbonyl (C=O) groups is 1. The number of nitrogens with zero attached hydrogens (tertiary/aromatic N) is 1. The van der Waals surface area contributed by atoms with E-state index in [1.165, 1.54) is 0 Å². The number of carbonyl (C=O) groups excluding carboxylic acids is 1. The fourth-order valence-corrected chi connectivity index (χ4v) is 3.38. The van der Waals surface area contributed by atoms with Crippen molar-refractivity contribution in [2.75, 3.05) is 25.6 Å². The van der Waals surface area contributed by atoms with Gasteiger partial charge in [0.25, 0.3) is 0 Å². The first-order valence-electron chi connectivity index (χ1n) is 8.06. The third-order valence-electron chi connectivity index (χ3n) is 4.17. The number of para-hydroxylation sites is 2. The molecule has 2 heterocycles. The van der Waals surface area contributed by atoms with Crippen molar-refractivity contribution >= 4 is 23.1 Å². The second-order valence-electron chi connectivity index (χ2n) is 5.83. The molecule has 3 rings (SSSR count). The highest BCUT2D eigenvalue weighted by molar-refractivity contribution is 7.10. The Morgan fingerprint density at radius 2 is 2.21 bits per heavy atom. The number of amides is 2. The van der Waals surface area contributed by atoms with E-state index in [0.29, 0.717) is 18.0 Å². The van der Waals surface area contributed by atoms with E-state index in [0.717, 1.165) is 17.9 Å². The van der Waals surface area contributed by atoms with Crippen LogP contribution in [0.5, 0.6) is 5.75 Å². The van der Waals surface area contributed by atoms with Gasteiger partial charge >= 0.3 is 6.03 Å². The van der Waals surface area contributed by atoms with E-state index in [1.807, 2.05) is 48.7 Å². The van der Waals surface area contributed by atoms with Gasteiger partial charge in [-0.2, -0.15) is 0 Å². The molecule has 5 nitrogen and oxygen atoms in total. The molecule has 1 aromatic heterocycles. The topological polar surface area (TPSA) is 50.8 Å². The molecule has 1 saturated heterocycles. The fourth-order valence-electron chi connectivity index (χ4n) is 2.56. The Labute approximate surface area is 146 Å². The molecule has 1 aromatic carbocycles. The van der Waals surface area contributed by atoms with Crippen LogP contribution in [0.4, 0.5) is 10.5 Å². The number of thiophene rings is 1. The number of nitrogens with one attached hydrogen (secondary N) is 1. The molecule has 2 amide bonds. The summed E-state index contributed by atoms with van der Waals surface area (Å²) in [5.74, 6) is 0.679. The lowest BCUT2D eigenvalue weighted by Crippen LogP contribution is -2.33. The Kier molecular flexibility index (Phi) is 5.37. The van der Waals surface area contributed by atoms with Crippen molar-refractivity contribution < 1.29 is 14.3 Å². The van der Waals surface area contributed by atoms with Crippen molar-refractivity contribution in [1.29, 1.82) is 0 Å². The second kappa shape index (κ2) is 7.68. The third-order valence-corrected chi connectivity index (χ3v) is 5.21. The zero-order chi connectivity index (χ0) is 16.9. The van der Waals surface area contributed by atoms with Crippen molar-refractivity contribution in [2.45, 2.75) is 25.5 Å². The van der Waals surface area contributed by atoms with Gasteiger partial charge < -0.3 is 19.7 Å². The lowest BCUT2D eigenvalue weighted by molar-refractivity contribution is 0.142. The van der Waals surface area contributed by atoms with Gasteiger partial charge in [-0.1, -0.05) is 18.2 Å². The fraction of sp³-hybridized carbons (Fsp3) is 0.389. The Morgan fingerprint density at radius 3 is 2.92 bits per heavy atom. The predicted octanol–water partition coefficient (Wildman–Crippen LogP) is 4.14. The first-order chi connectivity index (χ1) is 11.6. The second-order valence-corrected chi connectivity index (χ2v) is 6.81. The molecule has 0 radical (unpaired) electrons. The highest BCUT2D eigenvalue weighted by atomic mass is 32.1. The van der Waals surface area contributed by atoms with Crippen molar-refractivity contribution in [3.8, 4) is 5.75 Å². The van der Waals surface area contributed by atoms with E-state index in [9.17, 15) is 4.79 Å². The summed E-state index contributed by atoms with van der Waals surface area (Å²) in [5.41, 5.74) is 0.680. The Balaban J connectivity index is 1.67. The molecule has 0 aliphatic carbocycles. The van der Waals surface area contributed by atoms with Crippen LogP contribution in [0.1, 0.15) is 24.3 Å². The summed E-state index contributed by atoms with van der Waals surface area (Å²) in [7, 11) is 1.80. The quantitative estimate of drug-likeness (QED) is 0.885. The number of hydrogen-bond donors (Lipinski definition) is 1. The monoisotopic (exact) mass is 346 g/mol. The highest BCUT2D eigenvalue weighted by Gasteiger charge is 2.21. The molecule has 2 atom stereocenters. The normalized spacial score (nSPS) is 18.2. The molecular weight excluding hydrogens is 324 g/mol. The SMILES string of the molecule is CC(c1cccs1)N(C)C(=O)Nc1ccccc1OC1CCOC1. The van der Waals surface area contributed by atoms with Crippen LogP contribution in [-0.4, -0.2) is 37.3 Å². The average molecular weight is 346 g/mol. The van der Waals surface area contributed by atoms with Gasteiger partial charge in [0.2, 0.25) is 0 Å². The lowest BCUT2D eigenvalue weighted by atomic mass is 10.2. The zero-order valence-corrected chi connectivity index (χ0v) is 14.7. The zero-order valence-electron chi connectivity index (χ0n) is 13.9. The van der Waals surface area contributed by atoms with Crippen molar-refractivity contribution in [1.82, 2.24) is 4.90 Å². The number of hydrogen-bond acceptors (Lipinski definition) is 4. The predicted molar refractivity (Wildman–Crippen MR) is 95.8 cm³/mol. The first kappa shape index (κ1) is 16.8. The van der Waals surface area contributed by atoms with Gasteiger partial charge in [-0.05, 0) is 30.5 Å². The van der Waals surface area contributed by atoms with Gasteiger partial charge in [0.05, 0.1) is 24.9 Å². The minimum Gasteiger partial charge on any atom is -0.486 e. The molecule has 2 aromatic rings. The molecule has 1 aliphatic rings. The van der Waals surface area contributed by atoms with Crippen LogP contribution < -0.4 is 10.1 Å². The number of ether oxygens (including phenoxy) is 2. The molecular formula is C18H22N2O3S. The van der Waals surface area contributed by atoms with Crippen LogP contribution in [0.2, 0.25) is 0 Å². The molecule has 2 unspecified atom stereocenters. The minimum atomic E-state index is -0.158. The molecule has 1 N–H and O–H groups in total. The molecule has 1 aliphatic heterocycles. The Bertz CT molecular complexity index is 669. The summed E-state index contributed by atoms with van der Waals surface area (Å²) in [4.78, 5) is 15.4. The standard InChI is InChI=1S/C18H22N2O3S/c1-13(17-8-5-11-24-17)20(2)18(21)19-15-6-3-4-7-16(15)23-14-9-10-22-12-14/h3-8,11,13-14H,9-10,12H2,1-2H3,(H,19,21). The summed E-state index contributed by atoms with van der Waals surface area (Å²) in [6.45, 7) is 3.33. The molecule has 0 spiro atoms. The smallest absolute Gasteiger partial charge is 0.322 e. The van der Waals surface area contributed by atoms with Crippen LogP contribution in [0.15, 0.2) is 41.8 Å². The van der Waals surface area contributed by atoms with Crippen LogP contribution in [-0.2, 0) is 4.74 Å². The molecule has 0 bridgehead atoms. The molecule has 1 fully saturated rings. The summed E-state index contributed by atoms with van der Waals surface area (Å²) in [6, 6.07) is 11.4. The van der Waals surface area contributed by atoms with Crippen LogP contribution in [0.3, 0.4) is 0 Å². The van der Waals surface area contributed by atoms with Gasteiger partial charge in [-0.3, -0.25) is 0 Å². The average Bonchev–Trinajstić information content (AvgIpc) is 3.28. The number of urea groups is 1. The molecule has 128 valence electrons. The van der Waals surface area contributed by atoms with E-state index >= 15 is 0 Å². The molecule has 6 heteroatoms. The highest BCUT2D eigenvalue weighted by Crippen LogP contribution is 2.28. The maximum atomic E-state index is 12.6. The number of benzene rings is 1. The molecule has 24 heavy (non-hydrogen) atoms. The maximum Gasteiger partial charge on any atom is 0.322 e. The maximum absolute atomic E-state index is 12.6. The van der Waals surface area contributed by atoms with Gasteiger partial charge in [-0.15, -0.1) is 11.3 Å². The summed E-state index contributed by atoms with van der Waals surface area (Å²) < 4.78 is 11.3. The van der Waals surface area contributed by atoms with Crippen LogP contribution >= 0.6 is 11.3 Å². The van der Waals surface area contributed by atoms with Crippen molar-refractivity contribution in [3.63, 3.8) is 0 Å². The molecule has 0 saturated carbocycles. The van der Waals surface area contributed by atoms with Gasteiger partial charge in [0, 0.05) is 18.3 Å². The van der Waals surface area contributed by atoms with Gasteiger partial charge in [-0.25, -0.2) is 4.79 Å².